The number of sulfonamides is 1. The molecule has 0 unspecified atom stereocenters. The summed E-state index contributed by atoms with van der Waals surface area (Å²) in [6.07, 6.45) is 2.39. The number of nitrogens with one attached hydrogen (secondary N) is 2. The van der Waals surface area contributed by atoms with Crippen LogP contribution < -0.4 is 10.6 Å². The molecule has 0 saturated carbocycles. The summed E-state index contributed by atoms with van der Waals surface area (Å²) in [6, 6.07) is 7.02. The second kappa shape index (κ2) is 9.54. The van der Waals surface area contributed by atoms with Gasteiger partial charge in [-0.15, -0.1) is 0 Å². The number of amides is 2. The van der Waals surface area contributed by atoms with Crippen LogP contribution in [0.1, 0.15) is 19.4 Å². The summed E-state index contributed by atoms with van der Waals surface area (Å²) in [5, 5.41) is 5.32. The molecule has 11 nitrogen and oxygen atoms in total. The minimum atomic E-state index is -5.04. The van der Waals surface area contributed by atoms with Gasteiger partial charge in [0.25, 0.3) is 10.0 Å². The third-order valence-electron chi connectivity index (χ3n) is 3.63. The number of rotatable bonds is 8. The predicted molar refractivity (Wildman–Crippen MR) is 109 cm³/mol. The molecule has 13 heteroatoms. The number of carbonyl (C=O) groups is 1. The van der Waals surface area contributed by atoms with Crippen molar-refractivity contribution in [3.8, 4) is 0 Å². The Bertz CT molecular complexity index is 1060. The van der Waals surface area contributed by atoms with Gasteiger partial charge in [-0.05, 0) is 44.5 Å². The highest BCUT2D eigenvalue weighted by atomic mass is 32.2. The Balaban J connectivity index is 2.46. The lowest BCUT2D eigenvalue weighted by Gasteiger charge is -2.24. The van der Waals surface area contributed by atoms with Crippen LogP contribution >= 0.6 is 7.82 Å². The van der Waals surface area contributed by atoms with Gasteiger partial charge in [0, 0.05) is 24.1 Å². The van der Waals surface area contributed by atoms with Crippen molar-refractivity contribution in [2.24, 2.45) is 0 Å². The Kier molecular flexibility index (Phi) is 7.56. The smallest absolute Gasteiger partial charge is 0.354 e. The SMILES string of the molecule is Cc1cccc(Nc2ccncc2S(=O)(=O)N(COP(=O)(O)O)C(=O)NC(C)C)c1. The van der Waals surface area contributed by atoms with E-state index in [1.807, 2.05) is 13.0 Å². The molecule has 0 bridgehead atoms. The van der Waals surface area contributed by atoms with E-state index in [2.05, 4.69) is 20.1 Å². The lowest BCUT2D eigenvalue weighted by Crippen LogP contribution is -2.47. The van der Waals surface area contributed by atoms with Crippen LogP contribution in [0.2, 0.25) is 0 Å². The minimum absolute atomic E-state index is 0.120. The fraction of sp³-hybridized carbons (Fsp3) is 0.294. The number of benzene rings is 1. The van der Waals surface area contributed by atoms with Gasteiger partial charge in [-0.25, -0.2) is 17.8 Å². The summed E-state index contributed by atoms with van der Waals surface area (Å²) in [5.74, 6) is 0. The Morgan fingerprint density at radius 1 is 1.30 bits per heavy atom. The molecule has 0 radical (unpaired) electrons. The summed E-state index contributed by atoms with van der Waals surface area (Å²) < 4.78 is 42.0. The fourth-order valence-corrected chi connectivity index (χ4v) is 4.00. The van der Waals surface area contributed by atoms with Crippen LogP contribution in [0.5, 0.6) is 0 Å². The second-order valence-electron chi connectivity index (χ2n) is 6.57. The van der Waals surface area contributed by atoms with Gasteiger partial charge in [-0.1, -0.05) is 12.1 Å². The zero-order chi connectivity index (χ0) is 22.5. The Labute approximate surface area is 174 Å². The summed E-state index contributed by atoms with van der Waals surface area (Å²) in [6.45, 7) is 3.87. The van der Waals surface area contributed by atoms with E-state index in [0.29, 0.717) is 5.69 Å². The maximum absolute atomic E-state index is 13.2. The largest absolute Gasteiger partial charge is 0.471 e. The highest BCUT2D eigenvalue weighted by Gasteiger charge is 2.34. The zero-order valence-electron chi connectivity index (χ0n) is 16.5. The molecule has 4 N–H and O–H groups in total. The molecule has 2 rings (SSSR count). The predicted octanol–water partition coefficient (Wildman–Crippen LogP) is 2.31. The Hall–Kier alpha value is -2.50. The van der Waals surface area contributed by atoms with Crippen molar-refractivity contribution >= 4 is 35.3 Å². The molecular formula is C17H23N4O7PS. The van der Waals surface area contributed by atoms with Crippen molar-refractivity contribution in [2.75, 3.05) is 12.0 Å². The molecule has 1 aromatic heterocycles. The van der Waals surface area contributed by atoms with E-state index in [1.54, 1.807) is 32.0 Å². The molecule has 0 spiro atoms. The molecular weight excluding hydrogens is 435 g/mol. The molecule has 0 fully saturated rings. The summed E-state index contributed by atoms with van der Waals surface area (Å²) in [5.41, 5.74) is 1.66. The first kappa shape index (κ1) is 23.8. The van der Waals surface area contributed by atoms with Crippen LogP contribution in [-0.2, 0) is 19.1 Å². The first-order valence-corrected chi connectivity index (χ1v) is 11.7. The van der Waals surface area contributed by atoms with E-state index < -0.39 is 36.6 Å². The summed E-state index contributed by atoms with van der Waals surface area (Å²) in [4.78, 5) is 33.8. The number of phosphoric ester groups is 1. The van der Waals surface area contributed by atoms with Gasteiger partial charge >= 0.3 is 13.9 Å². The normalized spacial score (nSPS) is 11.9. The number of aromatic nitrogens is 1. The number of pyridine rings is 1. The van der Waals surface area contributed by atoms with Crippen molar-refractivity contribution in [3.05, 3.63) is 48.3 Å². The van der Waals surface area contributed by atoms with E-state index in [-0.39, 0.29) is 14.9 Å². The Morgan fingerprint density at radius 3 is 2.60 bits per heavy atom. The van der Waals surface area contributed by atoms with Crippen molar-refractivity contribution in [1.29, 1.82) is 0 Å². The number of hydrogen-bond donors (Lipinski definition) is 4. The quantitative estimate of drug-likeness (QED) is 0.344. The number of carbonyl (C=O) groups excluding carboxylic acids is 1. The minimum Gasteiger partial charge on any atom is -0.354 e. The van der Waals surface area contributed by atoms with E-state index in [0.717, 1.165) is 11.8 Å². The van der Waals surface area contributed by atoms with Crippen molar-refractivity contribution in [1.82, 2.24) is 14.6 Å². The molecule has 0 aliphatic carbocycles. The summed E-state index contributed by atoms with van der Waals surface area (Å²) in [7, 11) is -9.65. The van der Waals surface area contributed by atoms with Gasteiger partial charge in [0.1, 0.15) is 11.6 Å². The van der Waals surface area contributed by atoms with E-state index in [9.17, 15) is 17.8 Å². The molecule has 2 aromatic rings. The van der Waals surface area contributed by atoms with Gasteiger partial charge in [0.15, 0.2) is 0 Å². The van der Waals surface area contributed by atoms with Crippen LogP contribution in [0.4, 0.5) is 16.2 Å². The fourth-order valence-electron chi connectivity index (χ4n) is 2.37. The number of phosphoric acid groups is 1. The number of hydrogen-bond acceptors (Lipinski definition) is 7. The standard InChI is InChI=1S/C17H23N4O7PS/c1-12(2)19-17(22)21(11-28-29(23,24)25)30(26,27)16-10-18-8-7-15(16)20-14-6-4-5-13(3)9-14/h4-10,12H,11H2,1-3H3,(H,18,20)(H,19,22)(H2,23,24,25). The first-order chi connectivity index (χ1) is 13.9. The summed E-state index contributed by atoms with van der Waals surface area (Å²) >= 11 is 0. The average Bonchev–Trinajstić information content (AvgIpc) is 2.60. The molecule has 0 saturated heterocycles. The maximum atomic E-state index is 13.2. The first-order valence-electron chi connectivity index (χ1n) is 8.71. The lowest BCUT2D eigenvalue weighted by molar-refractivity contribution is 0.143. The highest BCUT2D eigenvalue weighted by molar-refractivity contribution is 7.89. The molecule has 1 aromatic carbocycles. The van der Waals surface area contributed by atoms with Gasteiger partial charge in [-0.3, -0.25) is 9.51 Å². The van der Waals surface area contributed by atoms with Crippen molar-refractivity contribution in [3.63, 3.8) is 0 Å². The second-order valence-corrected chi connectivity index (χ2v) is 9.64. The number of nitrogens with zero attached hydrogens (tertiary/aromatic N) is 2. The number of aryl methyl sites for hydroxylation is 1. The Morgan fingerprint density at radius 2 is 2.00 bits per heavy atom. The molecule has 30 heavy (non-hydrogen) atoms. The monoisotopic (exact) mass is 458 g/mol. The van der Waals surface area contributed by atoms with Gasteiger partial charge in [0.05, 0.1) is 5.69 Å². The van der Waals surface area contributed by atoms with Crippen molar-refractivity contribution in [2.45, 2.75) is 31.7 Å². The zero-order valence-corrected chi connectivity index (χ0v) is 18.2. The lowest BCUT2D eigenvalue weighted by atomic mass is 10.2. The molecule has 0 aliphatic heterocycles. The van der Waals surface area contributed by atoms with E-state index in [4.69, 9.17) is 9.79 Å². The van der Waals surface area contributed by atoms with Crippen LogP contribution in [0.25, 0.3) is 0 Å². The topological polar surface area (TPSA) is 158 Å². The van der Waals surface area contributed by atoms with Crippen LogP contribution in [0.15, 0.2) is 47.6 Å². The van der Waals surface area contributed by atoms with Gasteiger partial charge < -0.3 is 20.4 Å². The van der Waals surface area contributed by atoms with E-state index >= 15 is 0 Å². The molecule has 164 valence electrons. The average molecular weight is 458 g/mol. The van der Waals surface area contributed by atoms with Gasteiger partial charge in [0.2, 0.25) is 0 Å². The maximum Gasteiger partial charge on any atom is 0.471 e. The number of anilines is 2. The van der Waals surface area contributed by atoms with Crippen LogP contribution in [0, 0.1) is 6.92 Å². The third-order valence-corrected chi connectivity index (χ3v) is 5.82. The number of urea groups is 1. The van der Waals surface area contributed by atoms with Crippen LogP contribution in [-0.4, -0.2) is 46.3 Å². The molecule has 0 aliphatic rings. The molecule has 0 atom stereocenters. The molecule has 1 heterocycles. The highest BCUT2D eigenvalue weighted by Crippen LogP contribution is 2.37. The van der Waals surface area contributed by atoms with Crippen molar-refractivity contribution < 1.29 is 32.1 Å². The van der Waals surface area contributed by atoms with E-state index in [1.165, 1.54) is 12.3 Å². The van der Waals surface area contributed by atoms with Gasteiger partial charge in [-0.2, -0.15) is 4.31 Å². The third kappa shape index (κ3) is 6.51. The molecule has 2 amide bonds. The van der Waals surface area contributed by atoms with Crippen LogP contribution in [0.3, 0.4) is 0 Å².